The van der Waals surface area contributed by atoms with E-state index >= 15 is 0 Å². The fourth-order valence-corrected chi connectivity index (χ4v) is 2.53. The molecule has 0 radical (unpaired) electrons. The highest BCUT2D eigenvalue weighted by molar-refractivity contribution is 5.78. The van der Waals surface area contributed by atoms with Crippen molar-refractivity contribution in [3.05, 3.63) is 70.7 Å². The lowest BCUT2D eigenvalue weighted by Gasteiger charge is -2.12. The number of hydrogen-bond acceptors (Lipinski definition) is 2. The minimum absolute atomic E-state index is 0.266. The number of benzene rings is 2. The van der Waals surface area contributed by atoms with Crippen LogP contribution < -0.4 is 5.73 Å². The summed E-state index contributed by atoms with van der Waals surface area (Å²) in [6.45, 7) is 4.06. The average molecular weight is 269 g/mol. The molecule has 2 nitrogen and oxygen atoms in total. The Morgan fingerprint density at radius 3 is 2.60 bits per heavy atom. The van der Waals surface area contributed by atoms with Gasteiger partial charge >= 0.3 is 0 Å². The van der Waals surface area contributed by atoms with Crippen molar-refractivity contribution in [2.24, 2.45) is 5.73 Å². The van der Waals surface area contributed by atoms with Gasteiger partial charge in [-0.25, -0.2) is 4.39 Å². The molecule has 2 N–H and O–H groups in total. The molecule has 0 fully saturated rings. The topological polar surface area (TPSA) is 39.2 Å². The lowest BCUT2D eigenvalue weighted by atomic mass is 9.98. The first kappa shape index (κ1) is 12.9. The summed E-state index contributed by atoms with van der Waals surface area (Å²) in [6.07, 6.45) is 0. The Labute approximate surface area is 117 Å². The van der Waals surface area contributed by atoms with E-state index in [1.54, 1.807) is 6.07 Å². The number of fused-ring (bicyclic) bond motifs is 1. The van der Waals surface area contributed by atoms with Crippen LogP contribution in [0.5, 0.6) is 0 Å². The van der Waals surface area contributed by atoms with Crippen LogP contribution in [0.1, 0.15) is 28.5 Å². The first-order valence-electron chi connectivity index (χ1n) is 6.57. The molecule has 20 heavy (non-hydrogen) atoms. The second-order valence-corrected chi connectivity index (χ2v) is 5.14. The monoisotopic (exact) mass is 269 g/mol. The largest absolute Gasteiger partial charge is 0.456 e. The Bertz CT molecular complexity index is 776. The van der Waals surface area contributed by atoms with Crippen LogP contribution in [-0.2, 0) is 0 Å². The lowest BCUT2D eigenvalue weighted by Crippen LogP contribution is -2.12. The van der Waals surface area contributed by atoms with Crippen LogP contribution in [0.3, 0.4) is 0 Å². The number of halogens is 1. The van der Waals surface area contributed by atoms with Gasteiger partial charge in [0.1, 0.15) is 5.76 Å². The number of rotatable bonds is 2. The minimum Gasteiger partial charge on any atom is -0.456 e. The predicted octanol–water partition coefficient (Wildman–Crippen LogP) is 4.24. The highest BCUT2D eigenvalue weighted by atomic mass is 19.1. The molecule has 3 heteroatoms. The van der Waals surface area contributed by atoms with E-state index in [2.05, 4.69) is 6.07 Å². The molecule has 3 aromatic rings. The quantitative estimate of drug-likeness (QED) is 0.756. The van der Waals surface area contributed by atoms with Crippen molar-refractivity contribution in [2.45, 2.75) is 19.9 Å². The molecule has 1 unspecified atom stereocenters. The molecular weight excluding hydrogens is 253 g/mol. The van der Waals surface area contributed by atoms with Gasteiger partial charge in [0, 0.05) is 5.39 Å². The van der Waals surface area contributed by atoms with E-state index in [1.165, 1.54) is 11.6 Å². The summed E-state index contributed by atoms with van der Waals surface area (Å²) in [4.78, 5) is 0. The van der Waals surface area contributed by atoms with E-state index in [1.807, 2.05) is 38.1 Å². The molecule has 3 rings (SSSR count). The second-order valence-electron chi connectivity index (χ2n) is 5.14. The maximum absolute atomic E-state index is 13.7. The Balaban J connectivity index is 2.08. The van der Waals surface area contributed by atoms with Crippen molar-refractivity contribution in [1.29, 1.82) is 0 Å². The SMILES string of the molecule is Cc1ccc(C(N)c2cc3cccc(F)c3o2)c(C)c1. The molecule has 102 valence electrons. The van der Waals surface area contributed by atoms with Crippen LogP contribution in [0.25, 0.3) is 11.0 Å². The van der Waals surface area contributed by atoms with Gasteiger partial charge in [0.2, 0.25) is 0 Å². The van der Waals surface area contributed by atoms with Gasteiger partial charge in [0.05, 0.1) is 6.04 Å². The number of nitrogens with two attached hydrogens (primary N) is 1. The summed E-state index contributed by atoms with van der Waals surface area (Å²) in [7, 11) is 0. The lowest BCUT2D eigenvalue weighted by molar-refractivity contribution is 0.501. The third-order valence-corrected chi connectivity index (χ3v) is 3.58. The Morgan fingerprint density at radius 2 is 1.90 bits per heavy atom. The van der Waals surface area contributed by atoms with Gasteiger partial charge in [-0.05, 0) is 37.1 Å². The third kappa shape index (κ3) is 2.10. The smallest absolute Gasteiger partial charge is 0.169 e. The molecule has 0 spiro atoms. The van der Waals surface area contributed by atoms with Gasteiger partial charge < -0.3 is 10.2 Å². The van der Waals surface area contributed by atoms with Crippen LogP contribution in [-0.4, -0.2) is 0 Å². The van der Waals surface area contributed by atoms with Crippen LogP contribution in [0, 0.1) is 19.7 Å². The van der Waals surface area contributed by atoms with Crippen molar-refractivity contribution in [2.75, 3.05) is 0 Å². The molecule has 0 aliphatic heterocycles. The molecule has 0 amide bonds. The van der Waals surface area contributed by atoms with Crippen LogP contribution in [0.15, 0.2) is 46.9 Å². The zero-order chi connectivity index (χ0) is 14.3. The molecular formula is C17H16FNO. The first-order chi connectivity index (χ1) is 9.56. The molecule has 0 saturated carbocycles. The van der Waals surface area contributed by atoms with Crippen molar-refractivity contribution in [3.63, 3.8) is 0 Å². The maximum Gasteiger partial charge on any atom is 0.169 e. The molecule has 1 heterocycles. The Hall–Kier alpha value is -2.13. The zero-order valence-corrected chi connectivity index (χ0v) is 11.5. The minimum atomic E-state index is -0.387. The summed E-state index contributed by atoms with van der Waals surface area (Å²) < 4.78 is 19.3. The highest BCUT2D eigenvalue weighted by Gasteiger charge is 2.17. The number of aryl methyl sites for hydroxylation is 2. The Morgan fingerprint density at radius 1 is 1.10 bits per heavy atom. The zero-order valence-electron chi connectivity index (χ0n) is 11.5. The third-order valence-electron chi connectivity index (χ3n) is 3.58. The molecule has 1 aromatic heterocycles. The maximum atomic E-state index is 13.7. The first-order valence-corrected chi connectivity index (χ1v) is 6.57. The van der Waals surface area contributed by atoms with Crippen LogP contribution in [0.4, 0.5) is 4.39 Å². The fourth-order valence-electron chi connectivity index (χ4n) is 2.53. The van der Waals surface area contributed by atoms with Gasteiger partial charge in [-0.3, -0.25) is 0 Å². The van der Waals surface area contributed by atoms with E-state index in [0.717, 1.165) is 16.5 Å². The van der Waals surface area contributed by atoms with Gasteiger partial charge in [-0.1, -0.05) is 35.9 Å². The summed E-state index contributed by atoms with van der Waals surface area (Å²) >= 11 is 0. The van der Waals surface area contributed by atoms with Crippen molar-refractivity contribution < 1.29 is 8.81 Å². The molecule has 0 aliphatic carbocycles. The molecule has 0 aliphatic rings. The predicted molar refractivity (Wildman–Crippen MR) is 78.1 cm³/mol. The second kappa shape index (κ2) is 4.76. The Kier molecular flexibility index (Phi) is 3.07. The summed E-state index contributed by atoms with van der Waals surface area (Å²) in [5.74, 6) is 0.221. The van der Waals surface area contributed by atoms with E-state index in [-0.39, 0.29) is 17.4 Å². The van der Waals surface area contributed by atoms with Gasteiger partial charge in [-0.15, -0.1) is 0 Å². The van der Waals surface area contributed by atoms with Crippen LogP contribution >= 0.6 is 0 Å². The summed E-state index contributed by atoms with van der Waals surface area (Å²) in [5, 5.41) is 0.736. The number of furan rings is 1. The molecule has 0 bridgehead atoms. The standard InChI is InChI=1S/C17H16FNO/c1-10-6-7-13(11(2)8-10)16(19)15-9-12-4-3-5-14(18)17(12)20-15/h3-9,16H,19H2,1-2H3. The van der Waals surface area contributed by atoms with E-state index < -0.39 is 0 Å². The summed E-state index contributed by atoms with van der Waals surface area (Å²) in [5.41, 5.74) is 9.83. The van der Waals surface area contributed by atoms with Gasteiger partial charge in [0.15, 0.2) is 11.4 Å². The van der Waals surface area contributed by atoms with Gasteiger partial charge in [0.25, 0.3) is 0 Å². The average Bonchev–Trinajstić information content (AvgIpc) is 2.83. The van der Waals surface area contributed by atoms with Crippen LogP contribution in [0.2, 0.25) is 0 Å². The van der Waals surface area contributed by atoms with E-state index in [4.69, 9.17) is 10.2 Å². The molecule has 0 saturated heterocycles. The van der Waals surface area contributed by atoms with Crippen molar-refractivity contribution >= 4 is 11.0 Å². The molecule has 1 atom stereocenters. The van der Waals surface area contributed by atoms with Crippen molar-refractivity contribution in [3.8, 4) is 0 Å². The van der Waals surface area contributed by atoms with Gasteiger partial charge in [-0.2, -0.15) is 0 Å². The summed E-state index contributed by atoms with van der Waals surface area (Å²) in [6, 6.07) is 12.4. The van der Waals surface area contributed by atoms with E-state index in [9.17, 15) is 4.39 Å². The fraction of sp³-hybridized carbons (Fsp3) is 0.176. The van der Waals surface area contributed by atoms with Crippen molar-refractivity contribution in [1.82, 2.24) is 0 Å². The normalized spacial score (nSPS) is 12.8. The number of hydrogen-bond donors (Lipinski definition) is 1. The molecule has 2 aromatic carbocycles. The highest BCUT2D eigenvalue weighted by Crippen LogP contribution is 2.29. The van der Waals surface area contributed by atoms with E-state index in [0.29, 0.717) is 5.76 Å². The number of para-hydroxylation sites is 1.